The molecule has 5 nitrogen and oxygen atoms in total. The lowest BCUT2D eigenvalue weighted by molar-refractivity contribution is -0.118. The molecule has 0 bridgehead atoms. The lowest BCUT2D eigenvalue weighted by Crippen LogP contribution is -2.32. The number of hydrogen-bond donors (Lipinski definition) is 1. The van der Waals surface area contributed by atoms with Crippen LogP contribution >= 0.6 is 11.6 Å². The number of carbonyl (C=O) groups is 1. The molecule has 30 heavy (non-hydrogen) atoms. The summed E-state index contributed by atoms with van der Waals surface area (Å²) < 4.78 is 41.4. The third-order valence-corrected chi connectivity index (χ3v) is 6.19. The highest BCUT2D eigenvalue weighted by molar-refractivity contribution is 7.90. The van der Waals surface area contributed by atoms with Crippen molar-refractivity contribution in [2.45, 2.75) is 31.1 Å². The van der Waals surface area contributed by atoms with Gasteiger partial charge in [0.05, 0.1) is 11.3 Å². The van der Waals surface area contributed by atoms with Crippen LogP contribution in [-0.2, 0) is 21.2 Å². The molecule has 0 aliphatic rings. The SMILES string of the molecule is CC(C)c1cc(F)cc(-c2cccnc2)c1CC(=O)NS(=O)(=O)c1ccc(Cl)cc1. The van der Waals surface area contributed by atoms with E-state index < -0.39 is 21.7 Å². The second-order valence-corrected chi connectivity index (χ2v) is 9.20. The van der Waals surface area contributed by atoms with Crippen molar-refractivity contribution in [1.82, 2.24) is 9.71 Å². The van der Waals surface area contributed by atoms with Gasteiger partial charge in [-0.05, 0) is 65.1 Å². The van der Waals surface area contributed by atoms with Gasteiger partial charge in [0.1, 0.15) is 5.82 Å². The smallest absolute Gasteiger partial charge is 0.264 e. The molecule has 0 fully saturated rings. The molecule has 1 heterocycles. The molecule has 0 saturated carbocycles. The van der Waals surface area contributed by atoms with Gasteiger partial charge in [-0.3, -0.25) is 9.78 Å². The summed E-state index contributed by atoms with van der Waals surface area (Å²) in [5, 5.41) is 0.384. The number of nitrogens with zero attached hydrogens (tertiary/aromatic N) is 1. The van der Waals surface area contributed by atoms with Crippen LogP contribution in [-0.4, -0.2) is 19.3 Å². The van der Waals surface area contributed by atoms with Crippen molar-refractivity contribution < 1.29 is 17.6 Å². The zero-order chi connectivity index (χ0) is 21.9. The molecule has 0 spiro atoms. The van der Waals surface area contributed by atoms with Gasteiger partial charge in [0.2, 0.25) is 5.91 Å². The summed E-state index contributed by atoms with van der Waals surface area (Å²) in [4.78, 5) is 16.7. The average Bonchev–Trinajstić information content (AvgIpc) is 2.69. The van der Waals surface area contributed by atoms with E-state index in [1.807, 2.05) is 13.8 Å². The first kappa shape index (κ1) is 21.9. The fourth-order valence-electron chi connectivity index (χ4n) is 3.17. The number of benzene rings is 2. The molecule has 0 radical (unpaired) electrons. The Hall–Kier alpha value is -2.77. The highest BCUT2D eigenvalue weighted by Gasteiger charge is 2.22. The van der Waals surface area contributed by atoms with E-state index in [9.17, 15) is 17.6 Å². The summed E-state index contributed by atoms with van der Waals surface area (Å²) in [7, 11) is -4.06. The van der Waals surface area contributed by atoms with Crippen LogP contribution in [0.25, 0.3) is 11.1 Å². The van der Waals surface area contributed by atoms with Gasteiger partial charge in [-0.2, -0.15) is 0 Å². The quantitative estimate of drug-likeness (QED) is 0.594. The van der Waals surface area contributed by atoms with Crippen LogP contribution in [0.5, 0.6) is 0 Å². The Balaban J connectivity index is 1.97. The minimum absolute atomic E-state index is 0.0732. The van der Waals surface area contributed by atoms with Crippen molar-refractivity contribution in [3.8, 4) is 11.1 Å². The summed E-state index contributed by atoms with van der Waals surface area (Å²) in [6.45, 7) is 3.77. The van der Waals surface area contributed by atoms with Gasteiger partial charge in [0, 0.05) is 23.0 Å². The molecule has 0 aliphatic carbocycles. The van der Waals surface area contributed by atoms with Crippen LogP contribution in [0.3, 0.4) is 0 Å². The van der Waals surface area contributed by atoms with Crippen LogP contribution in [0.4, 0.5) is 4.39 Å². The van der Waals surface area contributed by atoms with E-state index in [1.54, 1.807) is 24.5 Å². The highest BCUT2D eigenvalue weighted by atomic mass is 35.5. The molecule has 156 valence electrons. The monoisotopic (exact) mass is 446 g/mol. The van der Waals surface area contributed by atoms with E-state index in [1.165, 1.54) is 36.4 Å². The predicted octanol–water partition coefficient (Wildman–Crippen LogP) is 4.71. The minimum atomic E-state index is -4.06. The number of amides is 1. The van der Waals surface area contributed by atoms with Gasteiger partial charge in [0.15, 0.2) is 0 Å². The maximum absolute atomic E-state index is 14.3. The third-order valence-electron chi connectivity index (χ3n) is 4.55. The number of rotatable bonds is 6. The molecule has 1 amide bonds. The van der Waals surface area contributed by atoms with E-state index in [-0.39, 0.29) is 17.2 Å². The van der Waals surface area contributed by atoms with Crippen molar-refractivity contribution in [3.05, 3.63) is 82.9 Å². The fourth-order valence-corrected chi connectivity index (χ4v) is 4.28. The first-order valence-electron chi connectivity index (χ1n) is 9.21. The number of sulfonamides is 1. The van der Waals surface area contributed by atoms with Gasteiger partial charge < -0.3 is 0 Å². The third kappa shape index (κ3) is 5.04. The van der Waals surface area contributed by atoms with E-state index in [4.69, 9.17) is 11.6 Å². The number of aromatic nitrogens is 1. The second-order valence-electron chi connectivity index (χ2n) is 7.08. The normalized spacial score (nSPS) is 11.5. The summed E-state index contributed by atoms with van der Waals surface area (Å²) in [6.07, 6.45) is 2.94. The molecule has 0 unspecified atom stereocenters. The first-order valence-corrected chi connectivity index (χ1v) is 11.1. The zero-order valence-corrected chi connectivity index (χ0v) is 18.0. The summed E-state index contributed by atoms with van der Waals surface area (Å²) in [6, 6.07) is 11.7. The van der Waals surface area contributed by atoms with Gasteiger partial charge in [-0.1, -0.05) is 31.5 Å². The standard InChI is InChI=1S/C22H20ClFN2O3S/c1-14(2)19-10-17(24)11-20(15-4-3-9-25-13-15)21(19)12-22(27)26-30(28,29)18-7-5-16(23)6-8-18/h3-11,13-14H,12H2,1-2H3,(H,26,27). The molecule has 0 saturated heterocycles. The van der Waals surface area contributed by atoms with E-state index in [2.05, 4.69) is 9.71 Å². The number of nitrogens with one attached hydrogen (secondary N) is 1. The van der Waals surface area contributed by atoms with Crippen LogP contribution in [0.1, 0.15) is 30.9 Å². The number of carbonyl (C=O) groups excluding carboxylic acids is 1. The van der Waals surface area contributed by atoms with Gasteiger partial charge in [-0.25, -0.2) is 17.5 Å². The Kier molecular flexibility index (Phi) is 6.53. The molecule has 0 aliphatic heterocycles. The van der Waals surface area contributed by atoms with Crippen LogP contribution in [0, 0.1) is 5.82 Å². The van der Waals surface area contributed by atoms with Gasteiger partial charge >= 0.3 is 0 Å². The van der Waals surface area contributed by atoms with Gasteiger partial charge in [0.25, 0.3) is 10.0 Å². The van der Waals surface area contributed by atoms with Crippen LogP contribution in [0.2, 0.25) is 5.02 Å². The molecular weight excluding hydrogens is 427 g/mol. The van der Waals surface area contributed by atoms with E-state index in [0.29, 0.717) is 27.3 Å². The molecule has 3 aromatic rings. The Morgan fingerprint density at radius 3 is 2.47 bits per heavy atom. The second kappa shape index (κ2) is 8.93. The molecule has 8 heteroatoms. The lowest BCUT2D eigenvalue weighted by atomic mass is 9.88. The van der Waals surface area contributed by atoms with Crippen molar-refractivity contribution in [2.24, 2.45) is 0 Å². The molecule has 1 N–H and O–H groups in total. The molecule has 1 aromatic heterocycles. The zero-order valence-electron chi connectivity index (χ0n) is 16.4. The Labute approximate surface area is 180 Å². The Morgan fingerprint density at radius 2 is 1.87 bits per heavy atom. The number of pyridine rings is 1. The van der Waals surface area contributed by atoms with E-state index in [0.717, 1.165) is 0 Å². The van der Waals surface area contributed by atoms with Gasteiger partial charge in [-0.15, -0.1) is 0 Å². The molecular formula is C22H20ClFN2O3S. The predicted molar refractivity (Wildman–Crippen MR) is 114 cm³/mol. The highest BCUT2D eigenvalue weighted by Crippen LogP contribution is 2.32. The fraction of sp³-hybridized carbons (Fsp3) is 0.182. The maximum Gasteiger partial charge on any atom is 0.264 e. The molecule has 0 atom stereocenters. The lowest BCUT2D eigenvalue weighted by Gasteiger charge is -2.18. The summed E-state index contributed by atoms with van der Waals surface area (Å²) in [5.41, 5.74) is 2.34. The number of halogens is 2. The average molecular weight is 447 g/mol. The topological polar surface area (TPSA) is 76.1 Å². The largest absolute Gasteiger partial charge is 0.274 e. The van der Waals surface area contributed by atoms with Crippen molar-refractivity contribution in [1.29, 1.82) is 0 Å². The summed E-state index contributed by atoms with van der Waals surface area (Å²) >= 11 is 5.79. The van der Waals surface area contributed by atoms with Crippen LogP contribution in [0.15, 0.2) is 65.8 Å². The van der Waals surface area contributed by atoms with Crippen molar-refractivity contribution in [2.75, 3.05) is 0 Å². The molecule has 2 aromatic carbocycles. The first-order chi connectivity index (χ1) is 14.2. The van der Waals surface area contributed by atoms with E-state index >= 15 is 0 Å². The van der Waals surface area contributed by atoms with Crippen LogP contribution < -0.4 is 4.72 Å². The minimum Gasteiger partial charge on any atom is -0.274 e. The Bertz CT molecular complexity index is 1160. The molecule has 3 rings (SSSR count). The number of hydrogen-bond acceptors (Lipinski definition) is 4. The summed E-state index contributed by atoms with van der Waals surface area (Å²) in [5.74, 6) is -1.23. The van der Waals surface area contributed by atoms with Crippen molar-refractivity contribution >= 4 is 27.5 Å². The Morgan fingerprint density at radius 1 is 1.17 bits per heavy atom. The maximum atomic E-state index is 14.3. The van der Waals surface area contributed by atoms with Crippen molar-refractivity contribution in [3.63, 3.8) is 0 Å².